The van der Waals surface area contributed by atoms with Gasteiger partial charge in [0, 0.05) is 29.9 Å². The molecular formula is C31H40N6O7. The van der Waals surface area contributed by atoms with E-state index >= 15 is 0 Å². The van der Waals surface area contributed by atoms with E-state index in [1.165, 1.54) is 12.1 Å². The van der Waals surface area contributed by atoms with Crippen molar-refractivity contribution in [3.05, 3.63) is 65.9 Å². The minimum Gasteiger partial charge on any atom is -0.508 e. The summed E-state index contributed by atoms with van der Waals surface area (Å²) in [7, 11) is 0. The van der Waals surface area contributed by atoms with Crippen molar-refractivity contribution in [1.29, 1.82) is 0 Å². The fourth-order valence-electron chi connectivity index (χ4n) is 4.75. The van der Waals surface area contributed by atoms with E-state index in [1.807, 2.05) is 24.3 Å². The Labute approximate surface area is 254 Å². The number of phenolic OH excluding ortho intramolecular Hbond substituents is 1. The molecule has 236 valence electrons. The van der Waals surface area contributed by atoms with Crippen LogP contribution < -0.4 is 27.4 Å². The number of carbonyl (C=O) groups is 5. The zero-order valence-corrected chi connectivity index (χ0v) is 24.7. The summed E-state index contributed by atoms with van der Waals surface area (Å²) in [5.41, 5.74) is 13.8. The molecule has 1 aromatic heterocycles. The Morgan fingerprint density at radius 2 is 1.55 bits per heavy atom. The van der Waals surface area contributed by atoms with Crippen molar-refractivity contribution >= 4 is 40.5 Å². The molecule has 0 aliphatic rings. The fourth-order valence-corrected chi connectivity index (χ4v) is 4.75. The number of rotatable bonds is 16. The summed E-state index contributed by atoms with van der Waals surface area (Å²) < 4.78 is 0. The topological polar surface area (TPSA) is 230 Å². The van der Waals surface area contributed by atoms with Crippen LogP contribution in [0.5, 0.6) is 5.75 Å². The van der Waals surface area contributed by atoms with Gasteiger partial charge in [-0.25, -0.2) is 4.79 Å². The number of nitrogens with two attached hydrogens (primary N) is 2. The first kappa shape index (κ1) is 33.6. The second-order valence-corrected chi connectivity index (χ2v) is 10.9. The molecular weight excluding hydrogens is 568 g/mol. The maximum atomic E-state index is 13.7. The molecule has 0 bridgehead atoms. The fraction of sp³-hybridized carbons (Fsp3) is 0.387. The first-order valence-corrected chi connectivity index (χ1v) is 14.4. The standard InChI is InChI=1S/C31H40N6O7/c1-3-17(2)27(30(42)35-24(31(43)44)12-13-26(33)39)37-29(41)25(14-18-8-10-20(38)11-9-18)36-28(40)22(32)15-19-16-34-23-7-5-4-6-21(19)23/h4-11,16-17,22,24-25,27,34,38H,3,12-15,32H2,1-2H3,(H2,33,39)(H,35,42)(H,36,40)(H,37,41)(H,43,44). The number of hydrogen-bond donors (Lipinski definition) is 8. The van der Waals surface area contributed by atoms with Crippen LogP contribution in [0.2, 0.25) is 0 Å². The number of carboxylic acid groups (broad SMARTS) is 1. The normalized spacial score (nSPS) is 14.5. The molecule has 13 heteroatoms. The predicted molar refractivity (Wildman–Crippen MR) is 163 cm³/mol. The van der Waals surface area contributed by atoms with Gasteiger partial charge in [0.1, 0.15) is 23.9 Å². The van der Waals surface area contributed by atoms with E-state index < -0.39 is 59.7 Å². The third kappa shape index (κ3) is 9.30. The highest BCUT2D eigenvalue weighted by molar-refractivity contribution is 5.95. The molecule has 0 aliphatic carbocycles. The van der Waals surface area contributed by atoms with E-state index in [-0.39, 0.29) is 31.4 Å². The minimum absolute atomic E-state index is 0.0167. The quantitative estimate of drug-likeness (QED) is 0.116. The van der Waals surface area contributed by atoms with E-state index in [2.05, 4.69) is 20.9 Å². The number of aliphatic carboxylic acids is 1. The van der Waals surface area contributed by atoms with Gasteiger partial charge in [-0.2, -0.15) is 0 Å². The molecule has 44 heavy (non-hydrogen) atoms. The van der Waals surface area contributed by atoms with Gasteiger partial charge in [0.15, 0.2) is 0 Å². The molecule has 1 heterocycles. The number of benzene rings is 2. The van der Waals surface area contributed by atoms with Crippen molar-refractivity contribution in [2.75, 3.05) is 0 Å². The molecule has 5 atom stereocenters. The number of primary amides is 1. The number of carboxylic acids is 1. The number of amides is 4. The largest absolute Gasteiger partial charge is 0.508 e. The van der Waals surface area contributed by atoms with Crippen LogP contribution in [0.25, 0.3) is 10.9 Å². The third-order valence-electron chi connectivity index (χ3n) is 7.55. The first-order valence-electron chi connectivity index (χ1n) is 14.4. The maximum absolute atomic E-state index is 13.7. The highest BCUT2D eigenvalue weighted by atomic mass is 16.4. The number of phenols is 1. The van der Waals surface area contributed by atoms with Gasteiger partial charge in [0.2, 0.25) is 23.6 Å². The van der Waals surface area contributed by atoms with Crippen molar-refractivity contribution in [3.63, 3.8) is 0 Å². The van der Waals surface area contributed by atoms with Gasteiger partial charge in [0.25, 0.3) is 0 Å². The highest BCUT2D eigenvalue weighted by Gasteiger charge is 2.33. The maximum Gasteiger partial charge on any atom is 0.326 e. The number of fused-ring (bicyclic) bond motifs is 1. The third-order valence-corrected chi connectivity index (χ3v) is 7.55. The number of hydrogen-bond acceptors (Lipinski definition) is 7. The average Bonchev–Trinajstić information content (AvgIpc) is 3.40. The molecule has 5 unspecified atom stereocenters. The number of aromatic hydroxyl groups is 1. The van der Waals surface area contributed by atoms with Crippen LogP contribution >= 0.6 is 0 Å². The number of nitrogens with one attached hydrogen (secondary N) is 4. The van der Waals surface area contributed by atoms with E-state index in [0.29, 0.717) is 12.0 Å². The summed E-state index contributed by atoms with van der Waals surface area (Å²) in [6.07, 6.45) is 1.98. The van der Waals surface area contributed by atoms with Crippen LogP contribution in [-0.2, 0) is 36.8 Å². The van der Waals surface area contributed by atoms with E-state index in [9.17, 15) is 34.2 Å². The van der Waals surface area contributed by atoms with Crippen LogP contribution in [-0.4, -0.2) is 69.0 Å². The predicted octanol–water partition coefficient (Wildman–Crippen LogP) is 0.837. The molecule has 10 N–H and O–H groups in total. The summed E-state index contributed by atoms with van der Waals surface area (Å²) in [5, 5.41) is 27.9. The Kier molecular flexibility index (Phi) is 11.9. The van der Waals surface area contributed by atoms with Crippen LogP contribution in [0, 0.1) is 5.92 Å². The SMILES string of the molecule is CCC(C)C(NC(=O)C(Cc1ccc(O)cc1)NC(=O)C(N)Cc1c[nH]c2ccccc12)C(=O)NC(CCC(N)=O)C(=O)O. The van der Waals surface area contributed by atoms with Gasteiger partial charge in [0.05, 0.1) is 6.04 Å². The smallest absolute Gasteiger partial charge is 0.326 e. The number of aromatic amines is 1. The van der Waals surface area contributed by atoms with Gasteiger partial charge in [-0.3, -0.25) is 19.2 Å². The lowest BCUT2D eigenvalue weighted by atomic mass is 9.96. The molecule has 0 saturated carbocycles. The van der Waals surface area contributed by atoms with Gasteiger partial charge in [-0.1, -0.05) is 50.6 Å². The molecule has 0 spiro atoms. The number of aromatic nitrogens is 1. The Morgan fingerprint density at radius 3 is 2.18 bits per heavy atom. The van der Waals surface area contributed by atoms with Gasteiger partial charge >= 0.3 is 5.97 Å². The zero-order chi connectivity index (χ0) is 32.4. The van der Waals surface area contributed by atoms with E-state index in [4.69, 9.17) is 11.5 Å². The Morgan fingerprint density at radius 1 is 0.886 bits per heavy atom. The van der Waals surface area contributed by atoms with Gasteiger partial charge in [-0.05, 0) is 48.1 Å². The van der Waals surface area contributed by atoms with Crippen LogP contribution in [0.4, 0.5) is 0 Å². The summed E-state index contributed by atoms with van der Waals surface area (Å²) in [6.45, 7) is 3.52. The molecule has 0 radical (unpaired) electrons. The van der Waals surface area contributed by atoms with Crippen molar-refractivity contribution in [3.8, 4) is 5.75 Å². The van der Waals surface area contributed by atoms with Crippen molar-refractivity contribution in [1.82, 2.24) is 20.9 Å². The Bertz CT molecular complexity index is 1470. The summed E-state index contributed by atoms with van der Waals surface area (Å²) in [5.74, 6) is -4.49. The van der Waals surface area contributed by atoms with Crippen molar-refractivity contribution in [2.24, 2.45) is 17.4 Å². The molecule has 0 aliphatic heterocycles. The lowest BCUT2D eigenvalue weighted by Gasteiger charge is -2.28. The number of H-pyrrole nitrogens is 1. The molecule has 13 nitrogen and oxygen atoms in total. The Balaban J connectivity index is 1.79. The molecule has 3 aromatic rings. The molecule has 4 amide bonds. The average molecular weight is 609 g/mol. The summed E-state index contributed by atoms with van der Waals surface area (Å²) >= 11 is 0. The second kappa shape index (κ2) is 15.5. The molecule has 0 saturated heterocycles. The summed E-state index contributed by atoms with van der Waals surface area (Å²) in [6, 6.07) is 8.97. The lowest BCUT2D eigenvalue weighted by Crippen LogP contribution is -2.59. The van der Waals surface area contributed by atoms with Crippen LogP contribution in [0.15, 0.2) is 54.7 Å². The van der Waals surface area contributed by atoms with Crippen molar-refractivity contribution in [2.45, 2.75) is 70.1 Å². The van der Waals surface area contributed by atoms with Gasteiger partial charge in [-0.15, -0.1) is 0 Å². The molecule has 0 fully saturated rings. The molecule has 2 aromatic carbocycles. The van der Waals surface area contributed by atoms with Gasteiger partial charge < -0.3 is 42.6 Å². The van der Waals surface area contributed by atoms with E-state index in [0.717, 1.165) is 16.5 Å². The minimum atomic E-state index is -1.39. The van der Waals surface area contributed by atoms with E-state index in [1.54, 1.807) is 32.2 Å². The monoisotopic (exact) mass is 608 g/mol. The van der Waals surface area contributed by atoms with Crippen LogP contribution in [0.3, 0.4) is 0 Å². The summed E-state index contributed by atoms with van der Waals surface area (Å²) in [4.78, 5) is 66.2. The zero-order valence-electron chi connectivity index (χ0n) is 24.7. The molecule has 3 rings (SSSR count). The Hall–Kier alpha value is -4.91. The second-order valence-electron chi connectivity index (χ2n) is 10.9. The first-order chi connectivity index (χ1) is 20.9. The lowest BCUT2D eigenvalue weighted by molar-refractivity contribution is -0.143. The highest BCUT2D eigenvalue weighted by Crippen LogP contribution is 2.19. The van der Waals surface area contributed by atoms with Crippen LogP contribution in [0.1, 0.15) is 44.2 Å². The number of carbonyl (C=O) groups excluding carboxylic acids is 4. The van der Waals surface area contributed by atoms with Crippen molar-refractivity contribution < 1.29 is 34.2 Å². The number of para-hydroxylation sites is 1.